The van der Waals surface area contributed by atoms with Crippen LogP contribution in [0.3, 0.4) is 0 Å². The second kappa shape index (κ2) is 8.73. The fourth-order valence-corrected chi connectivity index (χ4v) is 2.44. The highest BCUT2D eigenvalue weighted by molar-refractivity contribution is 5.95. The Labute approximate surface area is 147 Å². The van der Waals surface area contributed by atoms with Gasteiger partial charge in [-0.1, -0.05) is 18.2 Å². The van der Waals surface area contributed by atoms with Crippen LogP contribution in [0.4, 0.5) is 11.4 Å². The van der Waals surface area contributed by atoms with Gasteiger partial charge in [0.05, 0.1) is 19.9 Å². The molecule has 2 aromatic rings. The third kappa shape index (κ3) is 4.97. The molecule has 0 unspecified atom stereocenters. The van der Waals surface area contributed by atoms with Gasteiger partial charge in [0.1, 0.15) is 11.5 Å². The molecule has 0 bridgehead atoms. The first-order valence-electron chi connectivity index (χ1n) is 7.90. The fourth-order valence-electron chi connectivity index (χ4n) is 2.44. The molecule has 0 radical (unpaired) electrons. The molecule has 0 spiro atoms. The normalized spacial score (nSPS) is 10.0. The van der Waals surface area contributed by atoms with Crippen LogP contribution in [0.1, 0.15) is 13.3 Å². The van der Waals surface area contributed by atoms with Gasteiger partial charge in [-0.2, -0.15) is 0 Å². The van der Waals surface area contributed by atoms with Gasteiger partial charge in [0.15, 0.2) is 0 Å². The van der Waals surface area contributed by atoms with Crippen molar-refractivity contribution in [2.45, 2.75) is 13.3 Å². The highest BCUT2D eigenvalue weighted by atomic mass is 16.5. The summed E-state index contributed by atoms with van der Waals surface area (Å²) in [5.74, 6) is 0.913. The Morgan fingerprint density at radius 1 is 1.04 bits per heavy atom. The number of hydrogen-bond acceptors (Lipinski definition) is 4. The molecule has 0 aliphatic heterocycles. The maximum absolute atomic E-state index is 12.2. The lowest BCUT2D eigenvalue weighted by Crippen LogP contribution is -2.32. The van der Waals surface area contributed by atoms with Crippen LogP contribution in [0.25, 0.3) is 0 Å². The zero-order valence-corrected chi connectivity index (χ0v) is 14.6. The van der Waals surface area contributed by atoms with Crippen molar-refractivity contribution < 1.29 is 19.1 Å². The predicted molar refractivity (Wildman–Crippen MR) is 97.3 cm³/mol. The number of nitrogens with one attached hydrogen (secondary N) is 1. The van der Waals surface area contributed by atoms with Gasteiger partial charge in [-0.05, 0) is 24.3 Å². The maximum atomic E-state index is 12.2. The van der Waals surface area contributed by atoms with Crippen LogP contribution in [-0.4, -0.2) is 32.6 Å². The molecule has 0 aromatic heterocycles. The summed E-state index contributed by atoms with van der Waals surface area (Å²) < 4.78 is 10.4. The molecule has 0 atom stereocenters. The lowest BCUT2D eigenvalue weighted by atomic mass is 10.2. The number of rotatable bonds is 7. The third-order valence-corrected chi connectivity index (χ3v) is 3.67. The van der Waals surface area contributed by atoms with E-state index in [9.17, 15) is 9.59 Å². The highest BCUT2D eigenvalue weighted by Crippen LogP contribution is 2.28. The number of methoxy groups -OCH3 is 2. The number of para-hydroxylation sites is 2. The zero-order chi connectivity index (χ0) is 18.2. The second-order valence-corrected chi connectivity index (χ2v) is 5.37. The van der Waals surface area contributed by atoms with E-state index >= 15 is 0 Å². The quantitative estimate of drug-likeness (QED) is 0.840. The SMILES string of the molecule is COc1cccc(NC(=O)CCN(C(C)=O)c2ccccc2OC)c1. The van der Waals surface area contributed by atoms with Crippen LogP contribution in [0.15, 0.2) is 48.5 Å². The first kappa shape index (κ1) is 18.3. The van der Waals surface area contributed by atoms with E-state index in [-0.39, 0.29) is 24.8 Å². The van der Waals surface area contributed by atoms with Crippen LogP contribution < -0.4 is 19.7 Å². The molecule has 0 aliphatic rings. The zero-order valence-electron chi connectivity index (χ0n) is 14.6. The van der Waals surface area contributed by atoms with Gasteiger partial charge in [-0.3, -0.25) is 9.59 Å². The molecular weight excluding hydrogens is 320 g/mol. The number of ether oxygens (including phenoxy) is 2. The van der Waals surface area contributed by atoms with E-state index in [1.54, 1.807) is 50.6 Å². The average molecular weight is 342 g/mol. The summed E-state index contributed by atoms with van der Waals surface area (Å²) in [7, 11) is 3.12. The van der Waals surface area contributed by atoms with Gasteiger partial charge in [0.25, 0.3) is 0 Å². The number of nitrogens with zero attached hydrogens (tertiary/aromatic N) is 1. The number of anilines is 2. The van der Waals surface area contributed by atoms with Gasteiger partial charge in [-0.15, -0.1) is 0 Å². The molecule has 0 aliphatic carbocycles. The van der Waals surface area contributed by atoms with Crippen molar-refractivity contribution in [1.29, 1.82) is 0 Å². The van der Waals surface area contributed by atoms with Crippen LogP contribution in [0, 0.1) is 0 Å². The van der Waals surface area contributed by atoms with Crippen molar-refractivity contribution in [3.63, 3.8) is 0 Å². The first-order chi connectivity index (χ1) is 12.0. The van der Waals surface area contributed by atoms with Gasteiger partial charge in [0.2, 0.25) is 11.8 Å². The molecule has 6 nitrogen and oxygen atoms in total. The minimum absolute atomic E-state index is 0.154. The van der Waals surface area contributed by atoms with E-state index < -0.39 is 0 Å². The molecule has 25 heavy (non-hydrogen) atoms. The Bertz CT molecular complexity index is 746. The molecule has 0 saturated heterocycles. The minimum atomic E-state index is -0.186. The van der Waals surface area contributed by atoms with E-state index in [0.717, 1.165) is 0 Å². The predicted octanol–water partition coefficient (Wildman–Crippen LogP) is 3.09. The van der Waals surface area contributed by atoms with E-state index in [4.69, 9.17) is 9.47 Å². The summed E-state index contributed by atoms with van der Waals surface area (Å²) in [6, 6.07) is 14.3. The van der Waals surface area contributed by atoms with Crippen molar-refractivity contribution in [1.82, 2.24) is 0 Å². The Kier molecular flexibility index (Phi) is 6.39. The molecule has 6 heteroatoms. The first-order valence-corrected chi connectivity index (χ1v) is 7.90. The van der Waals surface area contributed by atoms with Crippen molar-refractivity contribution in [2.75, 3.05) is 31.0 Å². The largest absolute Gasteiger partial charge is 0.497 e. The molecule has 2 rings (SSSR count). The molecule has 0 heterocycles. The van der Waals surface area contributed by atoms with Crippen molar-refractivity contribution in [2.24, 2.45) is 0 Å². The summed E-state index contributed by atoms with van der Waals surface area (Å²) in [4.78, 5) is 25.7. The third-order valence-electron chi connectivity index (χ3n) is 3.67. The van der Waals surface area contributed by atoms with Crippen molar-refractivity contribution >= 4 is 23.2 Å². The van der Waals surface area contributed by atoms with E-state index in [0.29, 0.717) is 22.9 Å². The number of carbonyl (C=O) groups excluding carboxylic acids is 2. The Hall–Kier alpha value is -3.02. The Balaban J connectivity index is 2.03. The lowest BCUT2D eigenvalue weighted by Gasteiger charge is -2.23. The maximum Gasteiger partial charge on any atom is 0.226 e. The molecule has 0 saturated carbocycles. The summed E-state index contributed by atoms with van der Waals surface area (Å²) in [6.45, 7) is 1.72. The Morgan fingerprint density at radius 2 is 1.80 bits per heavy atom. The Morgan fingerprint density at radius 3 is 2.48 bits per heavy atom. The van der Waals surface area contributed by atoms with E-state index in [2.05, 4.69) is 5.32 Å². The number of amides is 2. The van der Waals surface area contributed by atoms with Gasteiger partial charge in [-0.25, -0.2) is 0 Å². The molecular formula is C19H22N2O4. The number of benzene rings is 2. The van der Waals surface area contributed by atoms with Crippen molar-refractivity contribution in [3.05, 3.63) is 48.5 Å². The van der Waals surface area contributed by atoms with Crippen LogP contribution in [0.5, 0.6) is 11.5 Å². The summed E-state index contributed by atoms with van der Waals surface area (Å²) in [5, 5.41) is 2.80. The molecule has 132 valence electrons. The minimum Gasteiger partial charge on any atom is -0.497 e. The number of hydrogen-bond donors (Lipinski definition) is 1. The summed E-state index contributed by atoms with van der Waals surface area (Å²) in [6.07, 6.45) is 0.162. The summed E-state index contributed by atoms with van der Waals surface area (Å²) >= 11 is 0. The molecule has 2 amide bonds. The van der Waals surface area contributed by atoms with Gasteiger partial charge >= 0.3 is 0 Å². The lowest BCUT2D eigenvalue weighted by molar-refractivity contribution is -0.117. The fraction of sp³-hybridized carbons (Fsp3) is 0.263. The number of carbonyl (C=O) groups is 2. The molecule has 2 aromatic carbocycles. The van der Waals surface area contributed by atoms with Crippen molar-refractivity contribution in [3.8, 4) is 11.5 Å². The van der Waals surface area contributed by atoms with Crippen LogP contribution in [0.2, 0.25) is 0 Å². The van der Waals surface area contributed by atoms with Gasteiger partial charge in [0, 0.05) is 31.6 Å². The summed E-state index contributed by atoms with van der Waals surface area (Å²) in [5.41, 5.74) is 1.29. The van der Waals surface area contributed by atoms with Gasteiger partial charge < -0.3 is 19.7 Å². The topological polar surface area (TPSA) is 67.9 Å². The molecule has 0 fully saturated rings. The van der Waals surface area contributed by atoms with Crippen LogP contribution >= 0.6 is 0 Å². The van der Waals surface area contributed by atoms with E-state index in [1.807, 2.05) is 12.1 Å². The van der Waals surface area contributed by atoms with Crippen LogP contribution in [-0.2, 0) is 9.59 Å². The van der Waals surface area contributed by atoms with E-state index in [1.165, 1.54) is 11.8 Å². The standard InChI is InChI=1S/C19H22N2O4/c1-14(22)21(17-9-4-5-10-18(17)25-3)12-11-19(23)20-15-7-6-8-16(13-15)24-2/h4-10,13H,11-12H2,1-3H3,(H,20,23). The average Bonchev–Trinajstić information content (AvgIpc) is 2.62. The second-order valence-electron chi connectivity index (χ2n) is 5.37. The smallest absolute Gasteiger partial charge is 0.226 e. The molecule has 1 N–H and O–H groups in total. The highest BCUT2D eigenvalue weighted by Gasteiger charge is 2.17. The monoisotopic (exact) mass is 342 g/mol.